The average Bonchev–Trinajstić information content (AvgIpc) is 3.08. The molecule has 0 unspecified atom stereocenters. The topological polar surface area (TPSA) is 84.5 Å². The molecule has 6 nitrogen and oxygen atoms in total. The molecule has 7 heteroatoms. The van der Waals surface area contributed by atoms with Crippen LogP contribution in [-0.2, 0) is 11.3 Å². The van der Waals surface area contributed by atoms with Gasteiger partial charge in [-0.2, -0.15) is 0 Å². The quantitative estimate of drug-likeness (QED) is 0.579. The molecule has 0 saturated heterocycles. The van der Waals surface area contributed by atoms with Crippen LogP contribution in [0, 0.1) is 13.8 Å². The van der Waals surface area contributed by atoms with Crippen molar-refractivity contribution in [3.63, 3.8) is 0 Å². The molecule has 3 aromatic rings. The number of methoxy groups -OCH3 is 1. The predicted molar refractivity (Wildman–Crippen MR) is 117 cm³/mol. The maximum Gasteiger partial charge on any atom is 0.341 e. The molecule has 30 heavy (non-hydrogen) atoms. The number of amides is 2. The van der Waals surface area contributed by atoms with Crippen molar-refractivity contribution in [2.45, 2.75) is 20.4 Å². The van der Waals surface area contributed by atoms with Gasteiger partial charge in [0.15, 0.2) is 0 Å². The highest BCUT2D eigenvalue weighted by Gasteiger charge is 2.26. The highest BCUT2D eigenvalue weighted by Crippen LogP contribution is 2.34. The summed E-state index contributed by atoms with van der Waals surface area (Å²) in [6.07, 6.45) is 0. The zero-order chi connectivity index (χ0) is 21.7. The summed E-state index contributed by atoms with van der Waals surface area (Å²) in [6, 6.07) is 16.6. The van der Waals surface area contributed by atoms with Gasteiger partial charge in [-0.3, -0.25) is 9.59 Å². The molecule has 3 rings (SSSR count). The van der Waals surface area contributed by atoms with Crippen molar-refractivity contribution in [3.05, 3.63) is 87.3 Å². The highest BCUT2D eigenvalue weighted by molar-refractivity contribution is 7.18. The Labute approximate surface area is 178 Å². The van der Waals surface area contributed by atoms with Crippen LogP contribution in [0.3, 0.4) is 0 Å². The summed E-state index contributed by atoms with van der Waals surface area (Å²) >= 11 is 1.05. The number of carbonyl (C=O) groups excluding carboxylic acids is 3. The number of aryl methyl sites for hydroxylation is 1. The minimum absolute atomic E-state index is 0.188. The van der Waals surface area contributed by atoms with Crippen molar-refractivity contribution in [1.29, 1.82) is 0 Å². The maximum absolute atomic E-state index is 12.7. The lowest BCUT2D eigenvalue weighted by molar-refractivity contribution is 0.0601. The number of carbonyl (C=O) groups is 3. The molecule has 0 atom stereocenters. The predicted octanol–water partition coefficient (Wildman–Crippen LogP) is 4.33. The highest BCUT2D eigenvalue weighted by atomic mass is 32.1. The Morgan fingerprint density at radius 1 is 0.933 bits per heavy atom. The van der Waals surface area contributed by atoms with Crippen molar-refractivity contribution in [2.75, 3.05) is 12.4 Å². The Hall–Kier alpha value is -3.45. The molecule has 0 aliphatic rings. The lowest BCUT2D eigenvalue weighted by Gasteiger charge is -2.06. The molecule has 0 spiro atoms. The van der Waals surface area contributed by atoms with E-state index in [2.05, 4.69) is 10.6 Å². The summed E-state index contributed by atoms with van der Waals surface area (Å²) in [5.74, 6) is -1.29. The Bertz CT molecular complexity index is 1070. The van der Waals surface area contributed by atoms with Gasteiger partial charge in [-0.1, -0.05) is 48.0 Å². The average molecular weight is 423 g/mol. The molecule has 0 radical (unpaired) electrons. The van der Waals surface area contributed by atoms with E-state index in [1.807, 2.05) is 49.4 Å². The Kier molecular flexibility index (Phi) is 6.64. The van der Waals surface area contributed by atoms with Gasteiger partial charge >= 0.3 is 5.97 Å². The monoisotopic (exact) mass is 422 g/mol. The first-order valence-electron chi connectivity index (χ1n) is 9.32. The molecule has 1 heterocycles. The molecular weight excluding hydrogens is 400 g/mol. The van der Waals surface area contributed by atoms with Gasteiger partial charge in [0.25, 0.3) is 11.8 Å². The number of hydrogen-bond donors (Lipinski definition) is 2. The molecular formula is C23H22N2O4S. The van der Waals surface area contributed by atoms with Crippen LogP contribution in [0.2, 0.25) is 0 Å². The number of ether oxygens (including phenoxy) is 1. The van der Waals surface area contributed by atoms with Crippen molar-refractivity contribution < 1.29 is 19.1 Å². The van der Waals surface area contributed by atoms with Crippen LogP contribution in [0.1, 0.15) is 47.1 Å². The molecule has 0 aliphatic carbocycles. The maximum atomic E-state index is 12.7. The first-order valence-corrected chi connectivity index (χ1v) is 10.1. The number of nitrogens with one attached hydrogen (secondary N) is 2. The van der Waals surface area contributed by atoms with Crippen LogP contribution in [0.4, 0.5) is 5.00 Å². The molecule has 2 amide bonds. The molecule has 0 bridgehead atoms. The summed E-state index contributed by atoms with van der Waals surface area (Å²) in [4.78, 5) is 38.1. The fraction of sp³-hybridized carbons (Fsp3) is 0.174. The van der Waals surface area contributed by atoms with Crippen molar-refractivity contribution >= 4 is 34.1 Å². The first kappa shape index (κ1) is 21.3. The fourth-order valence-corrected chi connectivity index (χ4v) is 4.01. The molecule has 154 valence electrons. The number of rotatable bonds is 6. The Balaban J connectivity index is 1.85. The molecule has 0 fully saturated rings. The number of benzene rings is 2. The summed E-state index contributed by atoms with van der Waals surface area (Å²) in [5.41, 5.74) is 3.11. The van der Waals surface area contributed by atoms with Crippen molar-refractivity contribution in [2.24, 2.45) is 0 Å². The number of esters is 1. The second kappa shape index (κ2) is 9.37. The van der Waals surface area contributed by atoms with E-state index < -0.39 is 5.97 Å². The third-order valence-electron chi connectivity index (χ3n) is 4.58. The van der Waals surface area contributed by atoms with Gasteiger partial charge in [0, 0.05) is 12.1 Å². The van der Waals surface area contributed by atoms with Gasteiger partial charge in [0.2, 0.25) is 0 Å². The van der Waals surface area contributed by atoms with Gasteiger partial charge in [-0.05, 0) is 37.1 Å². The molecule has 2 aromatic carbocycles. The van der Waals surface area contributed by atoms with Crippen LogP contribution in [0.15, 0.2) is 54.6 Å². The van der Waals surface area contributed by atoms with Crippen LogP contribution in [0.5, 0.6) is 0 Å². The normalized spacial score (nSPS) is 10.4. The molecule has 2 N–H and O–H groups in total. The Morgan fingerprint density at radius 3 is 2.23 bits per heavy atom. The van der Waals surface area contributed by atoms with Gasteiger partial charge in [0.05, 0.1) is 17.6 Å². The first-order chi connectivity index (χ1) is 14.4. The van der Waals surface area contributed by atoms with E-state index >= 15 is 0 Å². The Morgan fingerprint density at radius 2 is 1.60 bits per heavy atom. The SMILES string of the molecule is COC(=O)c1c(NC(=O)c2ccc(C)cc2)sc(C(=O)NCc2ccccc2)c1C. The van der Waals surface area contributed by atoms with E-state index in [9.17, 15) is 14.4 Å². The van der Waals surface area contributed by atoms with Gasteiger partial charge < -0.3 is 15.4 Å². The van der Waals surface area contributed by atoms with Gasteiger partial charge in [0.1, 0.15) is 5.00 Å². The van der Waals surface area contributed by atoms with Crippen molar-refractivity contribution in [1.82, 2.24) is 5.32 Å². The van der Waals surface area contributed by atoms with Gasteiger partial charge in [-0.15, -0.1) is 11.3 Å². The number of thiophene rings is 1. The zero-order valence-corrected chi connectivity index (χ0v) is 17.8. The van der Waals surface area contributed by atoms with Crippen LogP contribution >= 0.6 is 11.3 Å². The zero-order valence-electron chi connectivity index (χ0n) is 16.9. The summed E-state index contributed by atoms with van der Waals surface area (Å²) in [6.45, 7) is 3.96. The number of anilines is 1. The standard InChI is InChI=1S/C23H22N2O4S/c1-14-9-11-17(12-10-14)20(26)25-22-18(23(28)29-3)15(2)19(30-22)21(27)24-13-16-7-5-4-6-8-16/h4-12H,13H2,1-3H3,(H,24,27)(H,25,26). The fourth-order valence-electron chi connectivity index (χ4n) is 2.90. The largest absolute Gasteiger partial charge is 0.465 e. The summed E-state index contributed by atoms with van der Waals surface area (Å²) in [7, 11) is 1.26. The molecule has 0 saturated carbocycles. The van der Waals surface area contributed by atoms with Crippen LogP contribution in [-0.4, -0.2) is 24.9 Å². The smallest absolute Gasteiger partial charge is 0.341 e. The van der Waals surface area contributed by atoms with E-state index in [0.29, 0.717) is 22.5 Å². The number of hydrogen-bond acceptors (Lipinski definition) is 5. The van der Waals surface area contributed by atoms with E-state index in [4.69, 9.17) is 4.74 Å². The second-order valence-electron chi connectivity index (χ2n) is 6.74. The summed E-state index contributed by atoms with van der Waals surface area (Å²) in [5, 5.41) is 5.89. The van der Waals surface area contributed by atoms with Gasteiger partial charge in [-0.25, -0.2) is 4.79 Å². The van der Waals surface area contributed by atoms with Crippen LogP contribution in [0.25, 0.3) is 0 Å². The third-order valence-corrected chi connectivity index (χ3v) is 5.79. The lowest BCUT2D eigenvalue weighted by atomic mass is 10.1. The third kappa shape index (κ3) is 4.75. The molecule has 1 aromatic heterocycles. The van der Waals surface area contributed by atoms with E-state index in [1.165, 1.54) is 7.11 Å². The minimum atomic E-state index is -0.606. The van der Waals surface area contributed by atoms with E-state index in [1.54, 1.807) is 19.1 Å². The van der Waals surface area contributed by atoms with E-state index in [-0.39, 0.29) is 22.4 Å². The lowest BCUT2D eigenvalue weighted by Crippen LogP contribution is -2.22. The second-order valence-corrected chi connectivity index (χ2v) is 7.76. The van der Waals surface area contributed by atoms with Crippen LogP contribution < -0.4 is 10.6 Å². The molecule has 0 aliphatic heterocycles. The van der Waals surface area contributed by atoms with Crippen molar-refractivity contribution in [3.8, 4) is 0 Å². The summed E-state index contributed by atoms with van der Waals surface area (Å²) < 4.78 is 4.87. The van der Waals surface area contributed by atoms with E-state index in [0.717, 1.165) is 22.5 Å². The minimum Gasteiger partial charge on any atom is -0.465 e.